The maximum atomic E-state index is 12.4. The first-order valence-electron chi connectivity index (χ1n) is 16.3. The van der Waals surface area contributed by atoms with E-state index in [1.165, 1.54) is 30.0 Å². The van der Waals surface area contributed by atoms with Crippen LogP contribution >= 0.6 is 59.5 Å². The van der Waals surface area contributed by atoms with Gasteiger partial charge in [-0.25, -0.2) is 14.8 Å². The summed E-state index contributed by atoms with van der Waals surface area (Å²) in [4.78, 5) is 36.2. The Morgan fingerprint density at radius 3 is 2.32 bits per heavy atom. The average Bonchev–Trinajstić information content (AvgIpc) is 3.84. The number of thioether (sulfide) groups is 1. The summed E-state index contributed by atoms with van der Waals surface area (Å²) >= 11 is 8.98. The quantitative estimate of drug-likeness (QED) is 0.0962. The summed E-state index contributed by atoms with van der Waals surface area (Å²) in [5, 5.41) is 37.2. The summed E-state index contributed by atoms with van der Waals surface area (Å²) in [6, 6.07) is 18.1. The Morgan fingerprint density at radius 1 is 1.08 bits per heavy atom. The number of rotatable bonds is 15. The molecule has 1 aliphatic rings. The first-order chi connectivity index (χ1) is 24.6. The highest BCUT2D eigenvalue weighted by Crippen LogP contribution is 2.40. The number of nitrogens with zero attached hydrogens (tertiary/aromatic N) is 5. The van der Waals surface area contributed by atoms with Crippen LogP contribution in [0.2, 0.25) is 5.02 Å². The molecule has 280 valence electrons. The number of nitrogens with two attached hydrogens (primary N) is 2. The van der Waals surface area contributed by atoms with E-state index in [0.29, 0.717) is 49.6 Å². The minimum Gasteiger partial charge on any atom is -0.493 e. The number of ether oxygens (including phenoxy) is 1. The van der Waals surface area contributed by atoms with Crippen molar-refractivity contribution >= 4 is 77.2 Å². The number of pyridine rings is 1. The number of anilines is 1. The third kappa shape index (κ3) is 10.5. The van der Waals surface area contributed by atoms with E-state index in [1.807, 2.05) is 29.6 Å². The zero-order valence-electron chi connectivity index (χ0n) is 28.7. The molecule has 1 fully saturated rings. The third-order valence-electron chi connectivity index (χ3n) is 8.47. The van der Waals surface area contributed by atoms with Crippen LogP contribution in [0.5, 0.6) is 5.75 Å². The van der Waals surface area contributed by atoms with Gasteiger partial charge in [0.05, 0.1) is 23.9 Å². The molecule has 0 bridgehead atoms. The second-order valence-corrected chi connectivity index (χ2v) is 14.4. The molecule has 0 aliphatic carbocycles. The number of aromatic nitrogens is 2. The number of nitrogens with one attached hydrogen (secondary N) is 1. The Hall–Kier alpha value is -4.12. The highest BCUT2D eigenvalue weighted by Gasteiger charge is 2.36. The Labute approximate surface area is 333 Å². The average molecular weight is 818 g/mol. The van der Waals surface area contributed by atoms with Crippen LogP contribution in [0, 0.1) is 22.7 Å². The van der Waals surface area contributed by atoms with Gasteiger partial charge in [0, 0.05) is 46.8 Å². The zero-order valence-corrected chi connectivity index (χ0v) is 32.7. The molecule has 2 aromatic heterocycles. The third-order valence-corrected chi connectivity index (χ3v) is 10.7. The lowest BCUT2D eigenvalue weighted by molar-refractivity contribution is -0.147. The first kappa shape index (κ1) is 43.3. The normalized spacial score (nSPS) is 13.7. The standard InChI is InChI=1S/C36H37ClN8O4S2.2ClH/c1-36(35(47)48,44-32(46)29(41)12-14-38)13-17-49-26-10-6-22(7-11-26)30-27(18-39)31(45-15-2-3-16-45)43-34(28(30)19-40)51-21-25-20-50-33(42-25)23-4-8-24(37)9-5-23;;/h4-11,20,29H,2-3,12-17,21,38,41H2,1H3,(H,44,46)(H,47,48);2*1H/t29-,36+;;/m0../s1. The molecule has 2 aromatic carbocycles. The van der Waals surface area contributed by atoms with Gasteiger partial charge in [-0.2, -0.15) is 10.5 Å². The minimum atomic E-state index is -1.61. The van der Waals surface area contributed by atoms with Crippen molar-refractivity contribution < 1.29 is 19.4 Å². The maximum Gasteiger partial charge on any atom is 0.329 e. The van der Waals surface area contributed by atoms with Crippen LogP contribution in [0.3, 0.4) is 0 Å². The van der Waals surface area contributed by atoms with Gasteiger partial charge in [-0.05, 0) is 62.6 Å². The van der Waals surface area contributed by atoms with E-state index in [9.17, 15) is 25.2 Å². The van der Waals surface area contributed by atoms with Gasteiger partial charge in [0.1, 0.15) is 44.8 Å². The Morgan fingerprint density at radius 2 is 1.72 bits per heavy atom. The van der Waals surface area contributed by atoms with Crippen LogP contribution in [0.1, 0.15) is 49.4 Å². The van der Waals surface area contributed by atoms with Gasteiger partial charge in [0.2, 0.25) is 5.91 Å². The van der Waals surface area contributed by atoms with E-state index in [0.717, 1.165) is 42.2 Å². The van der Waals surface area contributed by atoms with Gasteiger partial charge >= 0.3 is 5.97 Å². The summed E-state index contributed by atoms with van der Waals surface area (Å²) in [6.45, 7) is 3.09. The van der Waals surface area contributed by atoms with Gasteiger partial charge in [-0.15, -0.1) is 36.2 Å². The van der Waals surface area contributed by atoms with Crippen molar-refractivity contribution in [2.75, 3.05) is 31.1 Å². The van der Waals surface area contributed by atoms with E-state index in [2.05, 4.69) is 22.4 Å². The van der Waals surface area contributed by atoms with Crippen LogP contribution in [-0.4, -0.2) is 64.8 Å². The van der Waals surface area contributed by atoms with Gasteiger partial charge in [0.25, 0.3) is 0 Å². The molecule has 6 N–H and O–H groups in total. The van der Waals surface area contributed by atoms with Crippen molar-refractivity contribution in [3.8, 4) is 39.6 Å². The molecule has 3 heterocycles. The monoisotopic (exact) mass is 816 g/mol. The fourth-order valence-corrected chi connectivity index (χ4v) is 7.47. The Balaban J connectivity index is 0.00000378. The summed E-state index contributed by atoms with van der Waals surface area (Å²) < 4.78 is 5.87. The number of halogens is 3. The van der Waals surface area contributed by atoms with Crippen molar-refractivity contribution in [3.05, 3.63) is 75.8 Å². The number of carboxylic acid groups (broad SMARTS) is 1. The smallest absolute Gasteiger partial charge is 0.329 e. The molecular weight excluding hydrogens is 779 g/mol. The summed E-state index contributed by atoms with van der Waals surface area (Å²) in [6.07, 6.45) is 2.15. The van der Waals surface area contributed by atoms with Crippen LogP contribution in [0.4, 0.5) is 5.82 Å². The second-order valence-electron chi connectivity index (χ2n) is 12.2. The largest absolute Gasteiger partial charge is 0.493 e. The lowest BCUT2D eigenvalue weighted by atomic mass is 9.96. The number of benzene rings is 2. The summed E-state index contributed by atoms with van der Waals surface area (Å²) in [5.41, 5.74) is 13.2. The van der Waals surface area contributed by atoms with Gasteiger partial charge in [-0.1, -0.05) is 47.6 Å². The highest BCUT2D eigenvalue weighted by atomic mass is 35.5. The predicted molar refractivity (Wildman–Crippen MR) is 213 cm³/mol. The topological polar surface area (TPSA) is 204 Å². The van der Waals surface area contributed by atoms with E-state index in [4.69, 9.17) is 37.8 Å². The molecule has 1 aliphatic heterocycles. The predicted octanol–water partition coefficient (Wildman–Crippen LogP) is 6.41. The zero-order chi connectivity index (χ0) is 36.5. The van der Waals surface area contributed by atoms with Crippen molar-refractivity contribution in [1.82, 2.24) is 15.3 Å². The molecular formula is C36H39Cl3N8O4S2. The van der Waals surface area contributed by atoms with E-state index >= 15 is 0 Å². The number of carbonyl (C=O) groups is 2. The molecule has 4 aromatic rings. The number of carbonyl (C=O) groups excluding carboxylic acids is 1. The van der Waals surface area contributed by atoms with E-state index < -0.39 is 23.5 Å². The van der Waals surface area contributed by atoms with Crippen LogP contribution in [0.15, 0.2) is 58.9 Å². The lowest BCUT2D eigenvalue weighted by Crippen LogP contribution is -2.57. The molecule has 2 atom stereocenters. The molecule has 1 saturated heterocycles. The molecule has 53 heavy (non-hydrogen) atoms. The SMILES string of the molecule is C[C@](CCOc1ccc(-c2c(C#N)c(SCc3csc(-c4ccc(Cl)cc4)n3)nc(N3CCCC3)c2C#N)cc1)(NC(=O)[C@@H](N)CCN)C(=O)O.Cl.Cl. The molecule has 0 unspecified atom stereocenters. The van der Waals surface area contributed by atoms with Crippen molar-refractivity contribution in [2.24, 2.45) is 11.5 Å². The fourth-order valence-electron chi connectivity index (χ4n) is 5.54. The number of amides is 1. The van der Waals surface area contributed by atoms with Gasteiger partial charge in [0.15, 0.2) is 0 Å². The summed E-state index contributed by atoms with van der Waals surface area (Å²) in [7, 11) is 0. The Bertz CT molecular complexity index is 1960. The van der Waals surface area contributed by atoms with Crippen LogP contribution < -0.4 is 26.4 Å². The second kappa shape index (κ2) is 19.8. The molecule has 17 heteroatoms. The minimum absolute atomic E-state index is 0. The molecule has 5 rings (SSSR count). The van der Waals surface area contributed by atoms with E-state index in [1.54, 1.807) is 24.3 Å². The lowest BCUT2D eigenvalue weighted by Gasteiger charge is -2.27. The highest BCUT2D eigenvalue weighted by molar-refractivity contribution is 7.98. The fraction of sp³-hybridized carbons (Fsp3) is 0.333. The molecule has 0 radical (unpaired) electrons. The number of carboxylic acids is 1. The van der Waals surface area contributed by atoms with Crippen molar-refractivity contribution in [1.29, 1.82) is 10.5 Å². The maximum absolute atomic E-state index is 12.4. The first-order valence-corrected chi connectivity index (χ1v) is 18.5. The summed E-state index contributed by atoms with van der Waals surface area (Å²) in [5.74, 6) is -0.363. The number of hydrogen-bond donors (Lipinski definition) is 4. The molecule has 0 spiro atoms. The van der Waals surface area contributed by atoms with Crippen molar-refractivity contribution in [2.45, 2.75) is 55.0 Å². The molecule has 12 nitrogen and oxygen atoms in total. The number of nitriles is 2. The molecule has 0 saturated carbocycles. The number of hydrogen-bond acceptors (Lipinski definition) is 12. The van der Waals surface area contributed by atoms with Crippen LogP contribution in [0.25, 0.3) is 21.7 Å². The van der Waals surface area contributed by atoms with E-state index in [-0.39, 0.29) is 50.8 Å². The van der Waals surface area contributed by atoms with Gasteiger partial charge < -0.3 is 31.5 Å². The molecule has 1 amide bonds. The van der Waals surface area contributed by atoms with Crippen LogP contribution in [-0.2, 0) is 15.3 Å². The van der Waals surface area contributed by atoms with Gasteiger partial charge in [-0.3, -0.25) is 4.79 Å². The van der Waals surface area contributed by atoms with Crippen molar-refractivity contribution in [3.63, 3.8) is 0 Å². The number of thiazole rings is 1. The number of aliphatic carboxylic acids is 1. The Kier molecular flexibility index (Phi) is 16.2.